The highest BCUT2D eigenvalue weighted by molar-refractivity contribution is 7.90. The number of rotatable bonds is 4. The number of para-hydroxylation sites is 1. The Bertz CT molecular complexity index is 705. The summed E-state index contributed by atoms with van der Waals surface area (Å²) in [6, 6.07) is 5.87. The van der Waals surface area contributed by atoms with Gasteiger partial charge in [-0.3, -0.25) is 0 Å². The molecule has 2 rings (SSSR count). The van der Waals surface area contributed by atoms with Crippen LogP contribution in [0, 0.1) is 6.92 Å². The molecule has 0 saturated heterocycles. The van der Waals surface area contributed by atoms with Crippen LogP contribution in [-0.4, -0.2) is 30.0 Å². The molecule has 1 unspecified atom stereocenters. The van der Waals surface area contributed by atoms with Crippen LogP contribution in [0.1, 0.15) is 23.7 Å². The van der Waals surface area contributed by atoms with Crippen LogP contribution >= 0.6 is 11.6 Å². The van der Waals surface area contributed by atoms with E-state index in [0.717, 1.165) is 22.4 Å². The molecule has 2 aromatic rings. The van der Waals surface area contributed by atoms with Gasteiger partial charge in [-0.1, -0.05) is 12.1 Å². The summed E-state index contributed by atoms with van der Waals surface area (Å²) in [5, 5.41) is -0.258. The molecule has 0 spiro atoms. The van der Waals surface area contributed by atoms with Crippen LogP contribution in [-0.2, 0) is 16.4 Å². The fourth-order valence-corrected chi connectivity index (χ4v) is 2.78. The molecule has 0 bridgehead atoms. The molecular formula is C13H17ClN2O2S. The fraction of sp³-hybridized carbons (Fsp3) is 0.462. The van der Waals surface area contributed by atoms with Crippen LogP contribution in [0.25, 0.3) is 11.0 Å². The second kappa shape index (κ2) is 5.13. The molecule has 104 valence electrons. The van der Waals surface area contributed by atoms with Gasteiger partial charge in [0, 0.05) is 12.8 Å². The molecule has 0 aliphatic rings. The summed E-state index contributed by atoms with van der Waals surface area (Å²) in [7, 11) is -3.01. The van der Waals surface area contributed by atoms with Crippen molar-refractivity contribution in [3.63, 3.8) is 0 Å². The first-order valence-corrected chi connectivity index (χ1v) is 8.57. The molecule has 1 heterocycles. The maximum Gasteiger partial charge on any atom is 0.149 e. The van der Waals surface area contributed by atoms with E-state index in [9.17, 15) is 8.42 Å². The van der Waals surface area contributed by atoms with Gasteiger partial charge in [0.15, 0.2) is 0 Å². The molecule has 0 aliphatic heterocycles. The standard InChI is InChI=1S/C13H17ClN2O2S/c1-9-5-4-6-11-12(9)15-13(10(2)14)16(11)7-8-19(3,17)18/h4-6,10H,7-8H2,1-3H3. The first-order chi connectivity index (χ1) is 8.79. The molecule has 0 fully saturated rings. The zero-order chi connectivity index (χ0) is 14.2. The SMILES string of the molecule is Cc1cccc2c1nc(C(C)Cl)n2CCS(C)(=O)=O. The van der Waals surface area contributed by atoms with E-state index in [1.807, 2.05) is 36.6 Å². The number of aromatic nitrogens is 2. The molecule has 19 heavy (non-hydrogen) atoms. The summed E-state index contributed by atoms with van der Waals surface area (Å²) in [6.07, 6.45) is 1.24. The summed E-state index contributed by atoms with van der Waals surface area (Å²) in [6.45, 7) is 4.21. The number of imidazole rings is 1. The Labute approximate surface area is 118 Å². The minimum Gasteiger partial charge on any atom is -0.326 e. The lowest BCUT2D eigenvalue weighted by Crippen LogP contribution is -2.13. The number of nitrogens with zero attached hydrogens (tertiary/aromatic N) is 2. The van der Waals surface area contributed by atoms with Crippen molar-refractivity contribution in [3.8, 4) is 0 Å². The zero-order valence-corrected chi connectivity index (χ0v) is 12.8. The van der Waals surface area contributed by atoms with Crippen LogP contribution in [0.5, 0.6) is 0 Å². The van der Waals surface area contributed by atoms with Gasteiger partial charge in [-0.15, -0.1) is 11.6 Å². The van der Waals surface area contributed by atoms with E-state index in [-0.39, 0.29) is 11.1 Å². The molecule has 0 N–H and O–H groups in total. The van der Waals surface area contributed by atoms with Gasteiger partial charge in [0.25, 0.3) is 0 Å². The van der Waals surface area contributed by atoms with Crippen molar-refractivity contribution >= 4 is 32.5 Å². The average molecular weight is 301 g/mol. The van der Waals surface area contributed by atoms with Gasteiger partial charge in [-0.25, -0.2) is 13.4 Å². The van der Waals surface area contributed by atoms with Crippen LogP contribution in [0.3, 0.4) is 0 Å². The minimum absolute atomic E-state index is 0.0863. The monoisotopic (exact) mass is 300 g/mol. The van der Waals surface area contributed by atoms with Crippen LogP contribution in [0.15, 0.2) is 18.2 Å². The smallest absolute Gasteiger partial charge is 0.149 e. The number of aryl methyl sites for hydroxylation is 2. The molecule has 1 atom stereocenters. The van der Waals surface area contributed by atoms with E-state index >= 15 is 0 Å². The topological polar surface area (TPSA) is 52.0 Å². The Balaban J connectivity index is 2.56. The van der Waals surface area contributed by atoms with Crippen molar-refractivity contribution in [1.29, 1.82) is 0 Å². The third-order valence-corrected chi connectivity index (χ3v) is 4.17. The molecule has 0 amide bonds. The van der Waals surface area contributed by atoms with Gasteiger partial charge in [0.2, 0.25) is 0 Å². The van der Waals surface area contributed by atoms with Crippen molar-refractivity contribution < 1.29 is 8.42 Å². The first kappa shape index (κ1) is 14.3. The number of hydrogen-bond acceptors (Lipinski definition) is 3. The lowest BCUT2D eigenvalue weighted by atomic mass is 10.2. The Morgan fingerprint density at radius 3 is 2.68 bits per heavy atom. The highest BCUT2D eigenvalue weighted by atomic mass is 35.5. The van der Waals surface area contributed by atoms with Crippen molar-refractivity contribution in [1.82, 2.24) is 9.55 Å². The Morgan fingerprint density at radius 2 is 2.11 bits per heavy atom. The number of fused-ring (bicyclic) bond motifs is 1. The van der Waals surface area contributed by atoms with E-state index in [2.05, 4.69) is 4.98 Å². The van der Waals surface area contributed by atoms with E-state index in [1.54, 1.807) is 0 Å². The third-order valence-electron chi connectivity index (χ3n) is 3.05. The predicted octanol–water partition coefficient (Wildman–Crippen LogP) is 2.69. The van der Waals surface area contributed by atoms with Gasteiger partial charge < -0.3 is 4.57 Å². The van der Waals surface area contributed by atoms with Gasteiger partial charge >= 0.3 is 0 Å². The molecule has 6 heteroatoms. The van der Waals surface area contributed by atoms with E-state index < -0.39 is 9.84 Å². The summed E-state index contributed by atoms with van der Waals surface area (Å²) in [5.41, 5.74) is 2.89. The van der Waals surface area contributed by atoms with Crippen LogP contribution in [0.2, 0.25) is 0 Å². The Morgan fingerprint density at radius 1 is 1.42 bits per heavy atom. The first-order valence-electron chi connectivity index (χ1n) is 6.07. The molecule has 0 radical (unpaired) electrons. The molecule has 1 aromatic carbocycles. The van der Waals surface area contributed by atoms with Gasteiger partial charge in [-0.2, -0.15) is 0 Å². The summed E-state index contributed by atoms with van der Waals surface area (Å²) < 4.78 is 24.6. The van der Waals surface area contributed by atoms with Gasteiger partial charge in [0.1, 0.15) is 15.7 Å². The fourth-order valence-electron chi connectivity index (χ4n) is 2.10. The van der Waals surface area contributed by atoms with E-state index in [1.165, 1.54) is 6.26 Å². The quantitative estimate of drug-likeness (QED) is 0.816. The van der Waals surface area contributed by atoms with Gasteiger partial charge in [0.05, 0.1) is 22.2 Å². The van der Waals surface area contributed by atoms with Crippen LogP contribution in [0.4, 0.5) is 0 Å². The highest BCUT2D eigenvalue weighted by Gasteiger charge is 2.16. The molecule has 4 nitrogen and oxygen atoms in total. The second-order valence-corrected chi connectivity index (χ2v) is 7.72. The molecule has 0 aliphatic carbocycles. The van der Waals surface area contributed by atoms with Crippen molar-refractivity contribution in [2.24, 2.45) is 0 Å². The number of alkyl halides is 1. The Hall–Kier alpha value is -1.07. The predicted molar refractivity (Wildman–Crippen MR) is 78.4 cm³/mol. The lowest BCUT2D eigenvalue weighted by molar-refractivity contribution is 0.593. The maximum atomic E-state index is 11.3. The maximum absolute atomic E-state index is 11.3. The van der Waals surface area contributed by atoms with E-state index in [0.29, 0.717) is 6.54 Å². The molecular weight excluding hydrogens is 284 g/mol. The van der Waals surface area contributed by atoms with Crippen molar-refractivity contribution in [3.05, 3.63) is 29.6 Å². The lowest BCUT2D eigenvalue weighted by Gasteiger charge is -2.09. The van der Waals surface area contributed by atoms with Crippen molar-refractivity contribution in [2.75, 3.05) is 12.0 Å². The Kier molecular flexibility index (Phi) is 3.87. The zero-order valence-electron chi connectivity index (χ0n) is 11.2. The highest BCUT2D eigenvalue weighted by Crippen LogP contribution is 2.26. The second-order valence-electron chi connectivity index (χ2n) is 4.81. The normalized spacial score (nSPS) is 13.9. The summed E-state index contributed by atoms with van der Waals surface area (Å²) in [5.74, 6) is 0.804. The third kappa shape index (κ3) is 3.09. The summed E-state index contributed by atoms with van der Waals surface area (Å²) in [4.78, 5) is 4.55. The van der Waals surface area contributed by atoms with Crippen molar-refractivity contribution in [2.45, 2.75) is 25.8 Å². The number of sulfone groups is 1. The van der Waals surface area contributed by atoms with Crippen LogP contribution < -0.4 is 0 Å². The molecule has 0 saturated carbocycles. The summed E-state index contributed by atoms with van der Waals surface area (Å²) >= 11 is 6.15. The minimum atomic E-state index is -3.01. The average Bonchev–Trinajstić information content (AvgIpc) is 2.66. The van der Waals surface area contributed by atoms with E-state index in [4.69, 9.17) is 11.6 Å². The number of benzene rings is 1. The number of hydrogen-bond donors (Lipinski definition) is 0. The molecule has 1 aromatic heterocycles. The van der Waals surface area contributed by atoms with Gasteiger partial charge in [-0.05, 0) is 25.5 Å². The largest absolute Gasteiger partial charge is 0.326 e. The number of halogens is 1.